The van der Waals surface area contributed by atoms with Gasteiger partial charge in [-0.3, -0.25) is 4.98 Å². The van der Waals surface area contributed by atoms with E-state index < -0.39 is 0 Å². The summed E-state index contributed by atoms with van der Waals surface area (Å²) in [7, 11) is 0. The van der Waals surface area contributed by atoms with Gasteiger partial charge in [-0.05, 0) is 12.5 Å². The highest BCUT2D eigenvalue weighted by Crippen LogP contribution is 2.26. The first-order chi connectivity index (χ1) is 7.45. The third kappa shape index (κ3) is 1.40. The minimum absolute atomic E-state index is 1.01. The molecule has 0 unspecified atom stereocenters. The van der Waals surface area contributed by atoms with Crippen LogP contribution < -0.4 is 4.90 Å². The standard InChI is InChI=1S/C12H13N3/c1-2-6-15(7-3-1)12-9-14-11-8-13-5-4-10(11)12/h1-2,4-5,8-9,14H,3,6-7H2. The maximum atomic E-state index is 4.11. The number of H-pyrrole nitrogens is 1. The maximum Gasteiger partial charge on any atom is 0.0662 e. The van der Waals surface area contributed by atoms with Crippen molar-refractivity contribution in [2.75, 3.05) is 18.0 Å². The summed E-state index contributed by atoms with van der Waals surface area (Å²) in [5.41, 5.74) is 2.40. The monoisotopic (exact) mass is 199 g/mol. The summed E-state index contributed by atoms with van der Waals surface area (Å²) in [5, 5.41) is 1.26. The molecule has 3 heterocycles. The van der Waals surface area contributed by atoms with Crippen LogP contribution in [-0.2, 0) is 0 Å². The zero-order valence-electron chi connectivity index (χ0n) is 8.48. The Morgan fingerprint density at radius 2 is 2.33 bits per heavy atom. The molecule has 0 atom stereocenters. The quantitative estimate of drug-likeness (QED) is 0.715. The van der Waals surface area contributed by atoms with Crippen molar-refractivity contribution < 1.29 is 0 Å². The second-order valence-electron chi connectivity index (χ2n) is 3.80. The summed E-state index contributed by atoms with van der Waals surface area (Å²) >= 11 is 0. The summed E-state index contributed by atoms with van der Waals surface area (Å²) in [6.45, 7) is 2.11. The lowest BCUT2D eigenvalue weighted by Gasteiger charge is -2.24. The molecule has 3 heteroatoms. The second-order valence-corrected chi connectivity index (χ2v) is 3.80. The molecule has 76 valence electrons. The van der Waals surface area contributed by atoms with Crippen LogP contribution in [0.3, 0.4) is 0 Å². The highest BCUT2D eigenvalue weighted by Gasteiger charge is 2.11. The fourth-order valence-corrected chi connectivity index (χ4v) is 2.08. The van der Waals surface area contributed by atoms with Crippen LogP contribution in [0.25, 0.3) is 10.9 Å². The molecule has 1 aliphatic heterocycles. The smallest absolute Gasteiger partial charge is 0.0662 e. The molecule has 3 nitrogen and oxygen atoms in total. The summed E-state index contributed by atoms with van der Waals surface area (Å²) in [5.74, 6) is 0. The number of nitrogens with zero attached hydrogens (tertiary/aromatic N) is 2. The first kappa shape index (κ1) is 8.53. The molecule has 0 aliphatic carbocycles. The van der Waals surface area contributed by atoms with E-state index in [0.29, 0.717) is 0 Å². The SMILES string of the molecule is C1=CCN(c2c[nH]c3cnccc23)CC1. The number of aromatic nitrogens is 2. The van der Waals surface area contributed by atoms with Gasteiger partial charge in [0.25, 0.3) is 0 Å². The van der Waals surface area contributed by atoms with Gasteiger partial charge in [0.1, 0.15) is 0 Å². The number of hydrogen-bond donors (Lipinski definition) is 1. The summed E-state index contributed by atoms with van der Waals surface area (Å²) in [6.07, 6.45) is 11.4. The van der Waals surface area contributed by atoms with E-state index in [1.807, 2.05) is 12.4 Å². The predicted molar refractivity (Wildman–Crippen MR) is 62.1 cm³/mol. The predicted octanol–water partition coefficient (Wildman–Crippen LogP) is 2.33. The molecule has 0 aromatic carbocycles. The van der Waals surface area contributed by atoms with Crippen molar-refractivity contribution in [2.45, 2.75) is 6.42 Å². The van der Waals surface area contributed by atoms with Gasteiger partial charge in [-0.2, -0.15) is 0 Å². The van der Waals surface area contributed by atoms with E-state index in [4.69, 9.17) is 0 Å². The van der Waals surface area contributed by atoms with Crippen molar-refractivity contribution in [1.82, 2.24) is 9.97 Å². The van der Waals surface area contributed by atoms with Gasteiger partial charge in [0.15, 0.2) is 0 Å². The van der Waals surface area contributed by atoms with Gasteiger partial charge < -0.3 is 9.88 Å². The molecule has 15 heavy (non-hydrogen) atoms. The van der Waals surface area contributed by atoms with Gasteiger partial charge in [0.05, 0.1) is 17.4 Å². The van der Waals surface area contributed by atoms with Crippen LogP contribution >= 0.6 is 0 Å². The molecular weight excluding hydrogens is 186 g/mol. The Bertz CT molecular complexity index is 498. The van der Waals surface area contributed by atoms with Gasteiger partial charge in [-0.15, -0.1) is 0 Å². The van der Waals surface area contributed by atoms with Gasteiger partial charge in [-0.25, -0.2) is 0 Å². The molecule has 0 radical (unpaired) electrons. The van der Waals surface area contributed by atoms with Crippen LogP contribution in [-0.4, -0.2) is 23.1 Å². The van der Waals surface area contributed by atoms with Crippen LogP contribution in [0.1, 0.15) is 6.42 Å². The molecule has 2 aromatic rings. The molecule has 0 saturated heterocycles. The molecule has 1 N–H and O–H groups in total. The van der Waals surface area contributed by atoms with Crippen LogP contribution in [0.15, 0.2) is 36.8 Å². The third-order valence-electron chi connectivity index (χ3n) is 2.86. The van der Waals surface area contributed by atoms with Crippen molar-refractivity contribution in [3.63, 3.8) is 0 Å². The fraction of sp³-hybridized carbons (Fsp3) is 0.250. The molecule has 2 aromatic heterocycles. The lowest BCUT2D eigenvalue weighted by molar-refractivity contribution is 0.824. The molecule has 0 bridgehead atoms. The Morgan fingerprint density at radius 3 is 3.20 bits per heavy atom. The molecule has 0 spiro atoms. The molecule has 0 saturated carbocycles. The number of hydrogen-bond acceptors (Lipinski definition) is 2. The fourth-order valence-electron chi connectivity index (χ4n) is 2.08. The van der Waals surface area contributed by atoms with E-state index in [1.165, 1.54) is 11.1 Å². The lowest BCUT2D eigenvalue weighted by Crippen LogP contribution is -2.26. The van der Waals surface area contributed by atoms with Crippen LogP contribution in [0.2, 0.25) is 0 Å². The van der Waals surface area contributed by atoms with Crippen LogP contribution in [0.5, 0.6) is 0 Å². The van der Waals surface area contributed by atoms with Gasteiger partial charge >= 0.3 is 0 Å². The molecule has 0 fully saturated rings. The largest absolute Gasteiger partial charge is 0.366 e. The van der Waals surface area contributed by atoms with Crippen molar-refractivity contribution in [2.24, 2.45) is 0 Å². The van der Waals surface area contributed by atoms with Crippen molar-refractivity contribution in [3.05, 3.63) is 36.8 Å². The summed E-state index contributed by atoms with van der Waals surface area (Å²) in [6, 6.07) is 2.07. The Kier molecular flexibility index (Phi) is 1.95. The minimum Gasteiger partial charge on any atom is -0.366 e. The zero-order valence-corrected chi connectivity index (χ0v) is 8.48. The minimum atomic E-state index is 1.01. The average Bonchev–Trinajstić information content (AvgIpc) is 2.74. The van der Waals surface area contributed by atoms with Gasteiger partial charge in [0, 0.05) is 30.9 Å². The zero-order chi connectivity index (χ0) is 10.1. The lowest BCUT2D eigenvalue weighted by atomic mass is 10.2. The number of aromatic amines is 1. The normalized spacial score (nSPS) is 16.1. The Balaban J connectivity index is 2.07. The Labute approximate surface area is 88.4 Å². The van der Waals surface area contributed by atoms with E-state index >= 15 is 0 Å². The van der Waals surface area contributed by atoms with Crippen LogP contribution in [0.4, 0.5) is 5.69 Å². The summed E-state index contributed by atoms with van der Waals surface area (Å²) in [4.78, 5) is 9.75. The van der Waals surface area contributed by atoms with Crippen molar-refractivity contribution in [3.8, 4) is 0 Å². The number of nitrogens with one attached hydrogen (secondary N) is 1. The topological polar surface area (TPSA) is 31.9 Å². The van der Waals surface area contributed by atoms with E-state index in [2.05, 4.69) is 39.3 Å². The van der Waals surface area contributed by atoms with E-state index in [-0.39, 0.29) is 0 Å². The first-order valence-corrected chi connectivity index (χ1v) is 5.26. The van der Waals surface area contributed by atoms with E-state index in [0.717, 1.165) is 25.0 Å². The second kappa shape index (κ2) is 3.42. The summed E-state index contributed by atoms with van der Waals surface area (Å²) < 4.78 is 0. The van der Waals surface area contributed by atoms with Crippen molar-refractivity contribution >= 4 is 16.6 Å². The van der Waals surface area contributed by atoms with Crippen molar-refractivity contribution in [1.29, 1.82) is 0 Å². The number of pyridine rings is 1. The Morgan fingerprint density at radius 1 is 1.33 bits per heavy atom. The molecular formula is C12H13N3. The number of rotatable bonds is 1. The van der Waals surface area contributed by atoms with Crippen LogP contribution in [0, 0.1) is 0 Å². The molecule has 0 amide bonds. The number of fused-ring (bicyclic) bond motifs is 1. The average molecular weight is 199 g/mol. The number of anilines is 1. The van der Waals surface area contributed by atoms with Gasteiger partial charge in [0.2, 0.25) is 0 Å². The van der Waals surface area contributed by atoms with E-state index in [9.17, 15) is 0 Å². The third-order valence-corrected chi connectivity index (χ3v) is 2.86. The Hall–Kier alpha value is -1.77. The molecule has 3 rings (SSSR count). The first-order valence-electron chi connectivity index (χ1n) is 5.26. The highest BCUT2D eigenvalue weighted by atomic mass is 15.1. The molecule has 1 aliphatic rings. The van der Waals surface area contributed by atoms with E-state index in [1.54, 1.807) is 0 Å². The maximum absolute atomic E-state index is 4.11. The highest BCUT2D eigenvalue weighted by molar-refractivity contribution is 5.92. The van der Waals surface area contributed by atoms with Gasteiger partial charge in [-0.1, -0.05) is 12.2 Å².